The van der Waals surface area contributed by atoms with Crippen molar-refractivity contribution in [2.24, 2.45) is 5.92 Å². The molecule has 0 aliphatic rings. The molecule has 0 N–H and O–H groups in total. The Labute approximate surface area is 107 Å². The monoisotopic (exact) mass is 256 g/mol. The first-order valence-electron chi connectivity index (χ1n) is 5.42. The molecular weight excluding hydrogens is 240 g/mol. The van der Waals surface area contributed by atoms with E-state index in [0.29, 0.717) is 10.8 Å². The van der Waals surface area contributed by atoms with Crippen LogP contribution in [0.5, 0.6) is 5.75 Å². The lowest BCUT2D eigenvalue weighted by Crippen LogP contribution is -2.20. The highest BCUT2D eigenvalue weighted by atomic mass is 35.5. The maximum atomic E-state index is 11.8. The molecule has 1 atom stereocenters. The van der Waals surface area contributed by atoms with Crippen LogP contribution >= 0.6 is 11.6 Å². The maximum Gasteiger partial charge on any atom is 0.313 e. The van der Waals surface area contributed by atoms with E-state index in [9.17, 15) is 4.79 Å². The summed E-state index contributed by atoms with van der Waals surface area (Å²) in [4.78, 5) is 11.8. The fraction of sp³-hybridized carbons (Fsp3) is 0.462. The van der Waals surface area contributed by atoms with Crippen molar-refractivity contribution in [2.75, 3.05) is 14.2 Å². The van der Waals surface area contributed by atoms with Crippen molar-refractivity contribution in [3.8, 4) is 5.75 Å². The fourth-order valence-electron chi connectivity index (χ4n) is 1.83. The highest BCUT2D eigenvalue weighted by Gasteiger charge is 2.28. The predicted octanol–water partition coefficient (Wildman–Crippen LogP) is 3.26. The summed E-state index contributed by atoms with van der Waals surface area (Å²) in [5.41, 5.74) is 0.766. The van der Waals surface area contributed by atoms with E-state index in [0.717, 1.165) is 5.56 Å². The molecule has 4 heteroatoms. The number of rotatable bonds is 4. The van der Waals surface area contributed by atoms with Gasteiger partial charge in [-0.3, -0.25) is 4.79 Å². The largest absolute Gasteiger partial charge is 0.496 e. The Bertz CT molecular complexity index is 402. The molecule has 0 saturated carbocycles. The van der Waals surface area contributed by atoms with Gasteiger partial charge in [0.25, 0.3) is 0 Å². The lowest BCUT2D eigenvalue weighted by molar-refractivity contribution is -0.143. The summed E-state index contributed by atoms with van der Waals surface area (Å²) in [6.45, 7) is 3.92. The van der Waals surface area contributed by atoms with Gasteiger partial charge in [0, 0.05) is 10.6 Å². The molecule has 0 heterocycles. The number of methoxy groups -OCH3 is 2. The van der Waals surface area contributed by atoms with E-state index in [1.807, 2.05) is 13.8 Å². The Morgan fingerprint density at radius 2 is 1.94 bits per heavy atom. The van der Waals surface area contributed by atoms with Crippen LogP contribution in [-0.4, -0.2) is 20.2 Å². The van der Waals surface area contributed by atoms with Crippen molar-refractivity contribution in [2.45, 2.75) is 19.8 Å². The normalized spacial score (nSPS) is 12.4. The lowest BCUT2D eigenvalue weighted by Gasteiger charge is -2.21. The molecule has 0 aromatic heterocycles. The number of benzene rings is 1. The van der Waals surface area contributed by atoms with Crippen LogP contribution < -0.4 is 4.74 Å². The highest BCUT2D eigenvalue weighted by molar-refractivity contribution is 6.30. The van der Waals surface area contributed by atoms with Gasteiger partial charge in [0.15, 0.2) is 0 Å². The molecule has 3 nitrogen and oxygen atoms in total. The average Bonchev–Trinajstić information content (AvgIpc) is 2.29. The molecule has 1 aromatic rings. The minimum absolute atomic E-state index is 0.106. The Hall–Kier alpha value is -1.22. The van der Waals surface area contributed by atoms with E-state index in [2.05, 4.69) is 0 Å². The van der Waals surface area contributed by atoms with Crippen LogP contribution in [0.15, 0.2) is 18.2 Å². The molecule has 1 aromatic carbocycles. The molecule has 0 amide bonds. The zero-order chi connectivity index (χ0) is 13.0. The Kier molecular flexibility index (Phi) is 4.82. The van der Waals surface area contributed by atoms with Crippen molar-refractivity contribution in [3.63, 3.8) is 0 Å². The maximum absolute atomic E-state index is 11.8. The number of hydrogen-bond donors (Lipinski definition) is 0. The summed E-state index contributed by atoms with van der Waals surface area (Å²) in [5.74, 6) is 0.113. The molecule has 0 fully saturated rings. The second-order valence-electron chi connectivity index (χ2n) is 4.13. The minimum Gasteiger partial charge on any atom is -0.496 e. The van der Waals surface area contributed by atoms with Crippen molar-refractivity contribution < 1.29 is 14.3 Å². The topological polar surface area (TPSA) is 35.5 Å². The first-order chi connectivity index (χ1) is 8.01. The van der Waals surface area contributed by atoms with Gasteiger partial charge in [0.1, 0.15) is 5.75 Å². The van der Waals surface area contributed by atoms with E-state index in [4.69, 9.17) is 21.1 Å². The molecule has 0 aliphatic heterocycles. The fourth-order valence-corrected chi connectivity index (χ4v) is 2.01. The first-order valence-corrected chi connectivity index (χ1v) is 5.80. The molecule has 0 bridgehead atoms. The summed E-state index contributed by atoms with van der Waals surface area (Å²) in [6, 6.07) is 5.25. The molecule has 1 unspecified atom stereocenters. The standard InChI is InChI=1S/C13H17ClO3/c1-8(2)12(13(15)17-4)10-7-9(14)5-6-11(10)16-3/h5-8,12H,1-4H3. The lowest BCUT2D eigenvalue weighted by atomic mass is 9.88. The summed E-state index contributed by atoms with van der Waals surface area (Å²) in [5, 5.41) is 0.579. The number of hydrogen-bond acceptors (Lipinski definition) is 3. The minimum atomic E-state index is -0.367. The van der Waals surface area contributed by atoms with Crippen LogP contribution in [0.3, 0.4) is 0 Å². The van der Waals surface area contributed by atoms with E-state index in [1.165, 1.54) is 7.11 Å². The van der Waals surface area contributed by atoms with Crippen molar-refractivity contribution in [1.29, 1.82) is 0 Å². The van der Waals surface area contributed by atoms with Crippen LogP contribution in [-0.2, 0) is 9.53 Å². The van der Waals surface area contributed by atoms with E-state index < -0.39 is 0 Å². The van der Waals surface area contributed by atoms with Gasteiger partial charge in [-0.1, -0.05) is 25.4 Å². The molecule has 0 saturated heterocycles. The van der Waals surface area contributed by atoms with Gasteiger partial charge < -0.3 is 9.47 Å². The third-order valence-electron chi connectivity index (χ3n) is 2.65. The van der Waals surface area contributed by atoms with Crippen LogP contribution in [0.4, 0.5) is 0 Å². The van der Waals surface area contributed by atoms with Crippen LogP contribution in [0.25, 0.3) is 0 Å². The number of carbonyl (C=O) groups excluding carboxylic acids is 1. The predicted molar refractivity (Wildman–Crippen MR) is 67.6 cm³/mol. The third kappa shape index (κ3) is 3.13. The molecule has 0 aliphatic carbocycles. The summed E-state index contributed by atoms with van der Waals surface area (Å²) in [7, 11) is 2.95. The van der Waals surface area contributed by atoms with E-state index in [1.54, 1.807) is 25.3 Å². The van der Waals surface area contributed by atoms with Gasteiger partial charge in [-0.05, 0) is 24.1 Å². The third-order valence-corrected chi connectivity index (χ3v) is 2.88. The van der Waals surface area contributed by atoms with Crippen molar-refractivity contribution >= 4 is 17.6 Å². The van der Waals surface area contributed by atoms with Gasteiger partial charge in [0.2, 0.25) is 0 Å². The van der Waals surface area contributed by atoms with Crippen LogP contribution in [0.2, 0.25) is 5.02 Å². The van der Waals surface area contributed by atoms with Gasteiger partial charge in [0.05, 0.1) is 20.1 Å². The van der Waals surface area contributed by atoms with Crippen LogP contribution in [0, 0.1) is 5.92 Å². The molecule has 0 spiro atoms. The van der Waals surface area contributed by atoms with Crippen molar-refractivity contribution in [3.05, 3.63) is 28.8 Å². The Balaban J connectivity index is 3.26. The SMILES string of the molecule is COC(=O)C(c1cc(Cl)ccc1OC)C(C)C. The second kappa shape index (κ2) is 5.92. The van der Waals surface area contributed by atoms with Gasteiger partial charge in [-0.25, -0.2) is 0 Å². The smallest absolute Gasteiger partial charge is 0.313 e. The van der Waals surface area contributed by atoms with Gasteiger partial charge >= 0.3 is 5.97 Å². The second-order valence-corrected chi connectivity index (χ2v) is 4.57. The van der Waals surface area contributed by atoms with Crippen molar-refractivity contribution in [1.82, 2.24) is 0 Å². The molecule has 94 valence electrons. The van der Waals surface area contributed by atoms with Crippen LogP contribution in [0.1, 0.15) is 25.3 Å². The number of carbonyl (C=O) groups is 1. The molecule has 0 radical (unpaired) electrons. The van der Waals surface area contributed by atoms with Gasteiger partial charge in [-0.2, -0.15) is 0 Å². The van der Waals surface area contributed by atoms with E-state index >= 15 is 0 Å². The molecule has 17 heavy (non-hydrogen) atoms. The summed E-state index contributed by atoms with van der Waals surface area (Å²) < 4.78 is 10.1. The number of esters is 1. The van der Waals surface area contributed by atoms with Gasteiger partial charge in [-0.15, -0.1) is 0 Å². The van der Waals surface area contributed by atoms with E-state index in [-0.39, 0.29) is 17.8 Å². The first kappa shape index (κ1) is 13.8. The zero-order valence-electron chi connectivity index (χ0n) is 10.5. The summed E-state index contributed by atoms with van der Waals surface area (Å²) in [6.07, 6.45) is 0. The Morgan fingerprint density at radius 3 is 2.41 bits per heavy atom. The molecular formula is C13H17ClO3. The quantitative estimate of drug-likeness (QED) is 0.776. The zero-order valence-corrected chi connectivity index (χ0v) is 11.2. The average molecular weight is 257 g/mol. The number of halogens is 1. The highest BCUT2D eigenvalue weighted by Crippen LogP contribution is 2.34. The number of ether oxygens (including phenoxy) is 2. The Morgan fingerprint density at radius 1 is 1.29 bits per heavy atom. The summed E-state index contributed by atoms with van der Waals surface area (Å²) >= 11 is 5.96. The molecule has 1 rings (SSSR count).